The molecule has 2 aliphatic rings. The van der Waals surface area contributed by atoms with Gasteiger partial charge in [0, 0.05) is 29.9 Å². The van der Waals surface area contributed by atoms with Crippen molar-refractivity contribution in [2.24, 2.45) is 11.8 Å². The molecular weight excluding hydrogens is 463 g/mol. The Morgan fingerprint density at radius 3 is 2.11 bits per heavy atom. The summed E-state index contributed by atoms with van der Waals surface area (Å²) < 4.78 is 38.7. The van der Waals surface area contributed by atoms with Gasteiger partial charge in [0.25, 0.3) is 5.91 Å². The molecular formula is C25H22F3N3O4. The van der Waals surface area contributed by atoms with Crippen LogP contribution in [0.3, 0.4) is 0 Å². The van der Waals surface area contributed by atoms with E-state index in [2.05, 4.69) is 10.6 Å². The molecule has 182 valence electrons. The molecule has 1 fully saturated rings. The molecule has 1 aliphatic heterocycles. The normalized spacial score (nSPS) is 19.5. The zero-order valence-electron chi connectivity index (χ0n) is 18.5. The maximum atomic E-state index is 12.9. The van der Waals surface area contributed by atoms with Crippen molar-refractivity contribution < 1.29 is 32.3 Å². The van der Waals surface area contributed by atoms with E-state index in [0.29, 0.717) is 18.5 Å². The lowest BCUT2D eigenvalue weighted by Gasteiger charge is -2.14. The van der Waals surface area contributed by atoms with Crippen LogP contribution in [0.4, 0.5) is 24.5 Å². The van der Waals surface area contributed by atoms with Crippen molar-refractivity contribution in [2.45, 2.75) is 25.4 Å². The van der Waals surface area contributed by atoms with Gasteiger partial charge in [0.2, 0.25) is 17.7 Å². The molecule has 0 unspecified atom stereocenters. The van der Waals surface area contributed by atoms with Crippen LogP contribution in [0.2, 0.25) is 0 Å². The first-order valence-corrected chi connectivity index (χ1v) is 11.0. The molecule has 4 amide bonds. The summed E-state index contributed by atoms with van der Waals surface area (Å²) in [5, 5.41) is 5.03. The van der Waals surface area contributed by atoms with E-state index in [-0.39, 0.29) is 47.9 Å². The van der Waals surface area contributed by atoms with Crippen molar-refractivity contribution in [3.05, 3.63) is 71.8 Å². The van der Waals surface area contributed by atoms with Crippen molar-refractivity contribution in [3.8, 4) is 0 Å². The number of allylic oxidation sites excluding steroid dienone is 2. The second-order valence-corrected chi connectivity index (χ2v) is 8.40. The molecule has 10 heteroatoms. The molecule has 0 saturated carbocycles. The maximum Gasteiger partial charge on any atom is 0.416 e. The predicted molar refractivity (Wildman–Crippen MR) is 121 cm³/mol. The fourth-order valence-corrected chi connectivity index (χ4v) is 4.24. The number of nitrogens with one attached hydrogen (secondary N) is 2. The Bertz CT molecular complexity index is 1180. The van der Waals surface area contributed by atoms with Gasteiger partial charge in [0.15, 0.2) is 0 Å². The molecule has 1 aliphatic carbocycles. The second-order valence-electron chi connectivity index (χ2n) is 8.40. The fourth-order valence-electron chi connectivity index (χ4n) is 4.24. The first kappa shape index (κ1) is 24.2. The average Bonchev–Trinajstić information content (AvgIpc) is 3.07. The van der Waals surface area contributed by atoms with Gasteiger partial charge >= 0.3 is 6.18 Å². The molecule has 4 rings (SSSR count). The van der Waals surface area contributed by atoms with Crippen LogP contribution in [-0.2, 0) is 20.6 Å². The van der Waals surface area contributed by atoms with Crippen LogP contribution < -0.4 is 10.6 Å². The highest BCUT2D eigenvalue weighted by Gasteiger charge is 2.46. The van der Waals surface area contributed by atoms with E-state index in [0.717, 1.165) is 17.0 Å². The summed E-state index contributed by atoms with van der Waals surface area (Å²) in [5.74, 6) is -2.33. The summed E-state index contributed by atoms with van der Waals surface area (Å²) in [5.41, 5.74) is -0.484. The number of rotatable bonds is 6. The van der Waals surface area contributed by atoms with Crippen LogP contribution in [-0.4, -0.2) is 35.1 Å². The topological polar surface area (TPSA) is 95.6 Å². The highest BCUT2D eigenvalue weighted by molar-refractivity contribution is 6.06. The van der Waals surface area contributed by atoms with Gasteiger partial charge in [-0.3, -0.25) is 24.1 Å². The van der Waals surface area contributed by atoms with E-state index < -0.39 is 23.6 Å². The molecule has 0 radical (unpaired) electrons. The van der Waals surface area contributed by atoms with Crippen LogP contribution in [0.1, 0.15) is 35.2 Å². The molecule has 2 aromatic rings. The molecule has 2 aromatic carbocycles. The highest BCUT2D eigenvalue weighted by atomic mass is 19.4. The van der Waals surface area contributed by atoms with E-state index in [9.17, 15) is 32.3 Å². The maximum absolute atomic E-state index is 12.9. The van der Waals surface area contributed by atoms with E-state index in [1.165, 1.54) is 30.3 Å². The minimum absolute atomic E-state index is 0.0185. The number of amides is 4. The second kappa shape index (κ2) is 9.73. The van der Waals surface area contributed by atoms with Gasteiger partial charge in [0.1, 0.15) is 0 Å². The predicted octanol–water partition coefficient (Wildman–Crippen LogP) is 4.24. The number of benzene rings is 2. The SMILES string of the molecule is O=C(CCN1C(=O)[C@H]2CC=CC[C@@H]2C1=O)Nc1cccc(C(=O)Nc2cccc(C(F)(F)F)c2)c1. The minimum Gasteiger partial charge on any atom is -0.326 e. The molecule has 0 bridgehead atoms. The van der Waals surface area contributed by atoms with Crippen molar-refractivity contribution in [1.82, 2.24) is 4.90 Å². The van der Waals surface area contributed by atoms with Crippen molar-refractivity contribution in [1.29, 1.82) is 0 Å². The third-order valence-electron chi connectivity index (χ3n) is 6.02. The van der Waals surface area contributed by atoms with Gasteiger partial charge in [-0.1, -0.05) is 24.3 Å². The van der Waals surface area contributed by atoms with E-state index in [4.69, 9.17) is 0 Å². The van der Waals surface area contributed by atoms with E-state index in [1.807, 2.05) is 12.2 Å². The third kappa shape index (κ3) is 5.42. The van der Waals surface area contributed by atoms with Crippen molar-refractivity contribution in [3.63, 3.8) is 0 Å². The number of hydrogen-bond acceptors (Lipinski definition) is 4. The Morgan fingerprint density at radius 1 is 0.886 bits per heavy atom. The first-order chi connectivity index (χ1) is 16.6. The Labute approximate surface area is 199 Å². The van der Waals surface area contributed by atoms with Crippen molar-refractivity contribution >= 4 is 35.0 Å². The number of anilines is 2. The molecule has 0 spiro atoms. The smallest absolute Gasteiger partial charge is 0.326 e. The summed E-state index contributed by atoms with van der Waals surface area (Å²) in [6.45, 7) is -0.0355. The molecule has 1 saturated heterocycles. The largest absolute Gasteiger partial charge is 0.416 e. The Morgan fingerprint density at radius 2 is 1.49 bits per heavy atom. The lowest BCUT2D eigenvalue weighted by Crippen LogP contribution is -2.34. The molecule has 1 heterocycles. The zero-order valence-corrected chi connectivity index (χ0v) is 18.5. The summed E-state index contributed by atoms with van der Waals surface area (Å²) in [6.07, 6.45) is 0.174. The molecule has 2 atom stereocenters. The number of likely N-dealkylation sites (tertiary alicyclic amines) is 1. The average molecular weight is 485 g/mol. The number of hydrogen-bond donors (Lipinski definition) is 2. The molecule has 35 heavy (non-hydrogen) atoms. The summed E-state index contributed by atoms with van der Waals surface area (Å²) in [6, 6.07) is 10.2. The number of nitrogens with zero attached hydrogens (tertiary/aromatic N) is 1. The quantitative estimate of drug-likeness (QED) is 0.473. The number of halogens is 3. The van der Waals surface area contributed by atoms with Gasteiger partial charge in [-0.25, -0.2) is 0 Å². The van der Waals surface area contributed by atoms with Gasteiger partial charge in [0.05, 0.1) is 17.4 Å². The summed E-state index contributed by atoms with van der Waals surface area (Å²) in [4.78, 5) is 51.1. The number of alkyl halides is 3. The monoisotopic (exact) mass is 485 g/mol. The van der Waals surface area contributed by atoms with Gasteiger partial charge < -0.3 is 10.6 Å². The summed E-state index contributed by atoms with van der Waals surface area (Å²) >= 11 is 0. The standard InChI is InChI=1S/C25H22F3N3O4/c26-25(27,28)16-6-4-8-18(14-16)30-22(33)15-5-3-7-17(13-15)29-21(32)11-12-31-23(34)19-9-1-2-10-20(19)24(31)35/h1-8,13-14,19-20H,9-12H2,(H,29,32)(H,30,33)/t19-,20-/m0/s1. The molecule has 2 N–H and O–H groups in total. The lowest BCUT2D eigenvalue weighted by molar-refractivity contribution is -0.140. The van der Waals surface area contributed by atoms with Gasteiger partial charge in [-0.2, -0.15) is 13.2 Å². The number of carbonyl (C=O) groups is 4. The zero-order chi connectivity index (χ0) is 25.2. The van der Waals surface area contributed by atoms with E-state index >= 15 is 0 Å². The Hall–Kier alpha value is -3.95. The fraction of sp³-hybridized carbons (Fsp3) is 0.280. The Kier molecular flexibility index (Phi) is 6.72. The van der Waals surface area contributed by atoms with Gasteiger partial charge in [-0.05, 0) is 49.2 Å². The third-order valence-corrected chi connectivity index (χ3v) is 6.02. The van der Waals surface area contributed by atoms with Crippen LogP contribution in [0.15, 0.2) is 60.7 Å². The summed E-state index contributed by atoms with van der Waals surface area (Å²) in [7, 11) is 0. The van der Waals surface area contributed by atoms with Crippen molar-refractivity contribution in [2.75, 3.05) is 17.2 Å². The van der Waals surface area contributed by atoms with E-state index in [1.54, 1.807) is 6.07 Å². The Balaban J connectivity index is 1.34. The molecule has 0 aromatic heterocycles. The van der Waals surface area contributed by atoms with Crippen LogP contribution in [0.5, 0.6) is 0 Å². The van der Waals surface area contributed by atoms with Crippen LogP contribution in [0.25, 0.3) is 0 Å². The van der Waals surface area contributed by atoms with Crippen LogP contribution >= 0.6 is 0 Å². The number of fused-ring (bicyclic) bond motifs is 1. The van der Waals surface area contributed by atoms with Crippen LogP contribution in [0, 0.1) is 11.8 Å². The highest BCUT2D eigenvalue weighted by Crippen LogP contribution is 2.35. The number of imide groups is 1. The first-order valence-electron chi connectivity index (χ1n) is 11.0. The molecule has 7 nitrogen and oxygen atoms in total. The van der Waals surface area contributed by atoms with Gasteiger partial charge in [-0.15, -0.1) is 0 Å². The lowest BCUT2D eigenvalue weighted by atomic mass is 9.85. The minimum atomic E-state index is -4.54. The number of carbonyl (C=O) groups excluding carboxylic acids is 4.